The van der Waals surface area contributed by atoms with E-state index in [-0.39, 0.29) is 31.0 Å². The average molecular weight is 445 g/mol. The quantitative estimate of drug-likeness (QED) is 0.469. The van der Waals surface area contributed by atoms with Gasteiger partial charge in [-0.1, -0.05) is 12.1 Å². The maximum Gasteiger partial charge on any atom is 0.339 e. The van der Waals surface area contributed by atoms with Crippen molar-refractivity contribution in [2.24, 2.45) is 0 Å². The minimum absolute atomic E-state index is 0.0944. The highest BCUT2D eigenvalue weighted by Crippen LogP contribution is 2.34. The van der Waals surface area contributed by atoms with E-state index in [1.54, 1.807) is 47.4 Å². The second-order valence-corrected chi connectivity index (χ2v) is 7.56. The van der Waals surface area contributed by atoms with Gasteiger partial charge in [0.15, 0.2) is 18.1 Å². The maximum atomic E-state index is 12.5. The Bertz CT molecular complexity index is 961. The highest BCUT2D eigenvalue weighted by molar-refractivity contribution is 8.00. The molecule has 3 rings (SSSR count). The average Bonchev–Trinajstić information content (AvgIpc) is 3.25. The Kier molecular flexibility index (Phi) is 7.77. The molecule has 9 heteroatoms. The Labute approximate surface area is 184 Å². The number of ether oxygens (including phenoxy) is 3. The zero-order chi connectivity index (χ0) is 22.2. The third-order valence-corrected chi connectivity index (χ3v) is 5.64. The first kappa shape index (κ1) is 22.5. The second kappa shape index (κ2) is 10.7. The van der Waals surface area contributed by atoms with Crippen LogP contribution in [0.1, 0.15) is 24.2 Å². The molecule has 0 unspecified atom stereocenters. The van der Waals surface area contributed by atoms with Gasteiger partial charge in [0.05, 0.1) is 11.3 Å². The van der Waals surface area contributed by atoms with Crippen LogP contribution in [0.3, 0.4) is 0 Å². The Morgan fingerprint density at radius 1 is 1.06 bits per heavy atom. The summed E-state index contributed by atoms with van der Waals surface area (Å²) in [6, 6.07) is 12.0. The predicted octanol–water partition coefficient (Wildman–Crippen LogP) is 3.17. The molecule has 0 aromatic heterocycles. The number of likely N-dealkylation sites (N-methyl/N-ethyl adjacent to an activating group) is 1. The summed E-state index contributed by atoms with van der Waals surface area (Å²) >= 11 is 1.21. The van der Waals surface area contributed by atoms with Crippen LogP contribution in [0.15, 0.2) is 47.4 Å². The molecule has 0 saturated carbocycles. The first-order valence-corrected chi connectivity index (χ1v) is 10.9. The van der Waals surface area contributed by atoms with Gasteiger partial charge >= 0.3 is 5.97 Å². The smallest absolute Gasteiger partial charge is 0.339 e. The van der Waals surface area contributed by atoms with Gasteiger partial charge in [-0.25, -0.2) is 4.79 Å². The van der Waals surface area contributed by atoms with Crippen LogP contribution in [0.2, 0.25) is 0 Å². The summed E-state index contributed by atoms with van der Waals surface area (Å²) in [6.07, 6.45) is 0. The second-order valence-electron chi connectivity index (χ2n) is 6.54. The molecule has 0 aliphatic carbocycles. The number of nitrogens with one attached hydrogen (secondary N) is 1. The number of rotatable bonds is 9. The van der Waals surface area contributed by atoms with Crippen molar-refractivity contribution in [3.05, 3.63) is 48.0 Å². The lowest BCUT2D eigenvalue weighted by Gasteiger charge is -2.18. The molecule has 2 aromatic carbocycles. The topological polar surface area (TPSA) is 94.2 Å². The molecule has 2 amide bonds. The van der Waals surface area contributed by atoms with Crippen molar-refractivity contribution in [2.75, 3.05) is 37.6 Å². The number of carbonyl (C=O) groups is 3. The number of amides is 2. The van der Waals surface area contributed by atoms with Gasteiger partial charge in [0.1, 0.15) is 0 Å². The lowest BCUT2D eigenvalue weighted by atomic mass is 10.2. The van der Waals surface area contributed by atoms with Gasteiger partial charge in [0.2, 0.25) is 12.7 Å². The summed E-state index contributed by atoms with van der Waals surface area (Å²) in [5.41, 5.74) is 0.910. The lowest BCUT2D eigenvalue weighted by molar-refractivity contribution is -0.134. The van der Waals surface area contributed by atoms with E-state index in [0.717, 1.165) is 0 Å². The van der Waals surface area contributed by atoms with Gasteiger partial charge in [-0.2, -0.15) is 0 Å². The van der Waals surface area contributed by atoms with Crippen LogP contribution in [-0.2, 0) is 14.3 Å². The van der Waals surface area contributed by atoms with Crippen LogP contribution in [0.4, 0.5) is 5.69 Å². The molecule has 0 fully saturated rings. The van der Waals surface area contributed by atoms with E-state index in [0.29, 0.717) is 40.7 Å². The molecule has 164 valence electrons. The molecule has 0 saturated heterocycles. The Hall–Kier alpha value is -3.20. The minimum Gasteiger partial charge on any atom is -0.454 e. The summed E-state index contributed by atoms with van der Waals surface area (Å²) in [4.78, 5) is 39.1. The Morgan fingerprint density at radius 3 is 2.58 bits per heavy atom. The number of fused-ring (bicyclic) bond motifs is 1. The number of anilines is 1. The van der Waals surface area contributed by atoms with Crippen LogP contribution in [0.5, 0.6) is 11.5 Å². The number of thioether (sulfide) groups is 1. The largest absolute Gasteiger partial charge is 0.454 e. The van der Waals surface area contributed by atoms with E-state index in [1.165, 1.54) is 11.8 Å². The van der Waals surface area contributed by atoms with Crippen molar-refractivity contribution < 1.29 is 28.6 Å². The molecule has 1 aliphatic heterocycles. The zero-order valence-corrected chi connectivity index (χ0v) is 18.2. The van der Waals surface area contributed by atoms with E-state index in [9.17, 15) is 14.4 Å². The van der Waals surface area contributed by atoms with Crippen molar-refractivity contribution in [2.45, 2.75) is 18.7 Å². The number of nitrogens with zero attached hydrogens (tertiary/aromatic N) is 1. The first-order valence-electron chi connectivity index (χ1n) is 9.88. The lowest BCUT2D eigenvalue weighted by Crippen LogP contribution is -2.34. The normalized spacial score (nSPS) is 11.7. The van der Waals surface area contributed by atoms with E-state index >= 15 is 0 Å². The third kappa shape index (κ3) is 5.91. The van der Waals surface area contributed by atoms with Crippen LogP contribution < -0.4 is 14.8 Å². The van der Waals surface area contributed by atoms with E-state index < -0.39 is 5.97 Å². The van der Waals surface area contributed by atoms with E-state index in [1.807, 2.05) is 13.8 Å². The fraction of sp³-hybridized carbons (Fsp3) is 0.318. The summed E-state index contributed by atoms with van der Waals surface area (Å²) in [5.74, 6) is 0.240. The summed E-state index contributed by atoms with van der Waals surface area (Å²) in [6.45, 7) is 4.68. The van der Waals surface area contributed by atoms with Gasteiger partial charge in [-0.05, 0) is 38.1 Å². The molecule has 0 radical (unpaired) electrons. The highest BCUT2D eigenvalue weighted by Gasteiger charge is 2.18. The molecule has 8 nitrogen and oxygen atoms in total. The third-order valence-electron chi connectivity index (χ3n) is 4.56. The molecule has 0 atom stereocenters. The van der Waals surface area contributed by atoms with Crippen LogP contribution in [-0.4, -0.2) is 54.9 Å². The van der Waals surface area contributed by atoms with Crippen LogP contribution >= 0.6 is 11.8 Å². The fourth-order valence-corrected chi connectivity index (χ4v) is 3.79. The van der Waals surface area contributed by atoms with E-state index in [4.69, 9.17) is 14.2 Å². The SMILES string of the molecule is CCN(CC)C(=O)COC(=O)c1ccccc1SCC(=O)Nc1ccc2c(c1)OCO2. The summed E-state index contributed by atoms with van der Waals surface area (Å²) < 4.78 is 15.7. The van der Waals surface area contributed by atoms with Gasteiger partial charge < -0.3 is 24.4 Å². The van der Waals surface area contributed by atoms with E-state index in [2.05, 4.69) is 5.32 Å². The van der Waals surface area contributed by atoms with Crippen molar-refractivity contribution in [3.8, 4) is 11.5 Å². The fourth-order valence-electron chi connectivity index (χ4n) is 2.95. The van der Waals surface area contributed by atoms with Crippen molar-refractivity contribution in [1.29, 1.82) is 0 Å². The molecule has 1 aliphatic rings. The van der Waals surface area contributed by atoms with Gasteiger partial charge in [-0.15, -0.1) is 11.8 Å². The predicted molar refractivity (Wildman–Crippen MR) is 117 cm³/mol. The molecule has 1 heterocycles. The molecule has 1 N–H and O–H groups in total. The number of benzene rings is 2. The van der Waals surface area contributed by atoms with Gasteiger partial charge in [-0.3, -0.25) is 9.59 Å². The standard InChI is InChI=1S/C22H24N2O6S/c1-3-24(4-2)21(26)12-28-22(27)16-7-5-6-8-19(16)31-13-20(25)23-15-9-10-17-18(11-15)30-14-29-17/h5-11H,3-4,12-14H2,1-2H3,(H,23,25). The van der Waals surface area contributed by atoms with Gasteiger partial charge in [0, 0.05) is 29.7 Å². The van der Waals surface area contributed by atoms with Crippen molar-refractivity contribution in [3.63, 3.8) is 0 Å². The van der Waals surface area contributed by atoms with Gasteiger partial charge in [0.25, 0.3) is 5.91 Å². The number of hydrogen-bond acceptors (Lipinski definition) is 7. The number of esters is 1. The Morgan fingerprint density at radius 2 is 1.81 bits per heavy atom. The zero-order valence-electron chi connectivity index (χ0n) is 17.4. The molecule has 2 aromatic rings. The van der Waals surface area contributed by atoms with Crippen molar-refractivity contribution in [1.82, 2.24) is 4.90 Å². The molecular formula is C22H24N2O6S. The van der Waals surface area contributed by atoms with Crippen molar-refractivity contribution >= 4 is 35.2 Å². The number of carbonyl (C=O) groups excluding carboxylic acids is 3. The number of hydrogen-bond donors (Lipinski definition) is 1. The highest BCUT2D eigenvalue weighted by atomic mass is 32.2. The van der Waals surface area contributed by atoms with Crippen LogP contribution in [0.25, 0.3) is 0 Å². The summed E-state index contributed by atoms with van der Waals surface area (Å²) in [7, 11) is 0. The van der Waals surface area contributed by atoms with Crippen LogP contribution in [0, 0.1) is 0 Å². The molecule has 0 bridgehead atoms. The molecule has 31 heavy (non-hydrogen) atoms. The molecule has 0 spiro atoms. The first-order chi connectivity index (χ1) is 15.0. The monoisotopic (exact) mass is 444 g/mol. The summed E-state index contributed by atoms with van der Waals surface area (Å²) in [5, 5.41) is 2.79. The Balaban J connectivity index is 1.55. The molecular weight excluding hydrogens is 420 g/mol. The minimum atomic E-state index is -0.597. The maximum absolute atomic E-state index is 12.5.